The van der Waals surface area contributed by atoms with Crippen molar-refractivity contribution in [2.75, 3.05) is 12.4 Å². The van der Waals surface area contributed by atoms with E-state index in [1.807, 2.05) is 32.9 Å². The zero-order chi connectivity index (χ0) is 20.9. The number of nitrogens with one attached hydrogen (secondary N) is 1. The first-order chi connectivity index (χ1) is 13.7. The number of nitrogens with zero attached hydrogens (tertiary/aromatic N) is 4. The second kappa shape index (κ2) is 6.70. The normalized spacial score (nSPS) is 11.9. The van der Waals surface area contributed by atoms with Gasteiger partial charge in [-0.3, -0.25) is 18.7 Å². The predicted molar refractivity (Wildman–Crippen MR) is 113 cm³/mol. The Labute approximate surface area is 170 Å². The fourth-order valence-corrected chi connectivity index (χ4v) is 4.01. The zero-order valence-electron chi connectivity index (χ0n) is 16.8. The lowest BCUT2D eigenvalue weighted by Crippen LogP contribution is -2.26. The Balaban J connectivity index is 1.75. The number of ether oxygens (including phenoxy) is 1. The molecule has 3 heterocycles. The summed E-state index contributed by atoms with van der Waals surface area (Å²) in [6.07, 6.45) is 1.32. The smallest absolute Gasteiger partial charge is 0.271 e. The van der Waals surface area contributed by atoms with Crippen molar-refractivity contribution in [3.8, 4) is 5.75 Å². The van der Waals surface area contributed by atoms with Gasteiger partial charge in [0.2, 0.25) is 0 Å². The summed E-state index contributed by atoms with van der Waals surface area (Å²) >= 11 is 1.36. The van der Waals surface area contributed by atoms with Crippen LogP contribution in [0.25, 0.3) is 15.2 Å². The van der Waals surface area contributed by atoms with Crippen LogP contribution in [0.2, 0.25) is 0 Å². The van der Waals surface area contributed by atoms with Crippen LogP contribution in [0, 0.1) is 0 Å². The summed E-state index contributed by atoms with van der Waals surface area (Å²) in [5.74, 6) is 0.693. The van der Waals surface area contributed by atoms with Crippen LogP contribution in [0.15, 0.2) is 35.3 Å². The van der Waals surface area contributed by atoms with E-state index < -0.39 is 11.5 Å². The van der Waals surface area contributed by atoms with Crippen LogP contribution in [-0.2, 0) is 12.5 Å². The molecule has 0 saturated heterocycles. The summed E-state index contributed by atoms with van der Waals surface area (Å²) in [5.41, 5.74) is 0.933. The number of benzene rings is 1. The van der Waals surface area contributed by atoms with E-state index in [0.29, 0.717) is 22.0 Å². The van der Waals surface area contributed by atoms with Gasteiger partial charge in [0.25, 0.3) is 11.5 Å². The predicted octanol–water partition coefficient (Wildman–Crippen LogP) is 3.20. The minimum atomic E-state index is -0.520. The number of fused-ring (bicyclic) bond motifs is 3. The van der Waals surface area contributed by atoms with Crippen LogP contribution in [-0.4, -0.2) is 32.2 Å². The molecular weight excluding hydrogens is 390 g/mol. The maximum atomic E-state index is 13.1. The molecule has 4 aromatic rings. The van der Waals surface area contributed by atoms with Gasteiger partial charge in [-0.15, -0.1) is 0 Å². The van der Waals surface area contributed by atoms with Crippen molar-refractivity contribution in [3.05, 3.63) is 52.1 Å². The zero-order valence-corrected chi connectivity index (χ0v) is 17.6. The lowest BCUT2D eigenvalue weighted by Gasteiger charge is -2.13. The number of rotatable bonds is 3. The second-order valence-electron chi connectivity index (χ2n) is 7.77. The van der Waals surface area contributed by atoms with Crippen molar-refractivity contribution in [2.45, 2.75) is 26.2 Å². The molecule has 0 unspecified atom stereocenters. The minimum Gasteiger partial charge on any atom is -0.497 e. The largest absolute Gasteiger partial charge is 0.497 e. The maximum Gasteiger partial charge on any atom is 0.271 e. The van der Waals surface area contributed by atoms with Crippen molar-refractivity contribution in [2.24, 2.45) is 7.05 Å². The van der Waals surface area contributed by atoms with Gasteiger partial charge in [-0.1, -0.05) is 32.1 Å². The monoisotopic (exact) mass is 411 g/mol. The Hall–Kier alpha value is -3.20. The molecule has 1 amide bonds. The van der Waals surface area contributed by atoms with E-state index in [4.69, 9.17) is 4.74 Å². The maximum absolute atomic E-state index is 13.1. The Kier molecular flexibility index (Phi) is 4.42. The van der Waals surface area contributed by atoms with E-state index >= 15 is 0 Å². The molecule has 1 N–H and O–H groups in total. The first kappa shape index (κ1) is 19.1. The highest BCUT2D eigenvalue weighted by atomic mass is 32.1. The highest BCUT2D eigenvalue weighted by molar-refractivity contribution is 7.23. The number of hydrogen-bond acceptors (Lipinski definition) is 6. The Morgan fingerprint density at radius 3 is 2.66 bits per heavy atom. The molecule has 8 nitrogen and oxygen atoms in total. The third kappa shape index (κ3) is 3.27. The second-order valence-corrected chi connectivity index (χ2v) is 8.78. The number of aromatic nitrogens is 4. The van der Waals surface area contributed by atoms with Crippen LogP contribution < -0.4 is 15.6 Å². The Morgan fingerprint density at radius 1 is 1.24 bits per heavy atom. The molecule has 0 radical (unpaired) electrons. The third-order valence-electron chi connectivity index (χ3n) is 4.67. The van der Waals surface area contributed by atoms with Gasteiger partial charge in [0.05, 0.1) is 23.0 Å². The molecule has 4 rings (SSSR count). The molecule has 0 aliphatic rings. The average molecular weight is 411 g/mol. The third-order valence-corrected chi connectivity index (χ3v) is 5.69. The number of aryl methyl sites for hydroxylation is 1. The van der Waals surface area contributed by atoms with Crippen LogP contribution >= 0.6 is 11.3 Å². The van der Waals surface area contributed by atoms with E-state index in [9.17, 15) is 9.59 Å². The van der Waals surface area contributed by atoms with Gasteiger partial charge < -0.3 is 10.1 Å². The number of thiazole rings is 1. The lowest BCUT2D eigenvalue weighted by atomic mass is 9.92. The van der Waals surface area contributed by atoms with Gasteiger partial charge in [0.15, 0.2) is 4.96 Å². The van der Waals surface area contributed by atoms with Gasteiger partial charge in [0, 0.05) is 24.7 Å². The van der Waals surface area contributed by atoms with Crippen LogP contribution in [0.1, 0.15) is 36.8 Å². The first-order valence-corrected chi connectivity index (χ1v) is 9.85. The van der Waals surface area contributed by atoms with E-state index in [0.717, 1.165) is 10.4 Å². The van der Waals surface area contributed by atoms with Gasteiger partial charge in [-0.25, -0.2) is 4.98 Å². The quantitative estimate of drug-likeness (QED) is 0.559. The molecule has 0 aliphatic heterocycles. The topological polar surface area (TPSA) is 90.5 Å². The number of carbonyl (C=O) groups excluding carboxylic acids is 1. The SMILES string of the molecule is COc1ccc2c(c1)sc1ncc(C(=O)Nc3cc(C(C)(C)C)nn3C)c(=O)n12. The first-order valence-electron chi connectivity index (χ1n) is 9.03. The molecule has 1 aromatic carbocycles. The molecule has 0 saturated carbocycles. The number of hydrogen-bond donors (Lipinski definition) is 1. The fourth-order valence-electron chi connectivity index (χ4n) is 3.00. The van der Waals surface area contributed by atoms with Gasteiger partial charge >= 0.3 is 0 Å². The highest BCUT2D eigenvalue weighted by Crippen LogP contribution is 2.28. The van der Waals surface area contributed by atoms with E-state index in [1.54, 1.807) is 31.0 Å². The standard InChI is InChI=1S/C20H21N5O3S/c1-20(2,3)15-9-16(24(4)23-15)22-17(26)12-10-21-19-25(18(12)27)13-7-6-11(28-5)8-14(13)29-19/h6-10H,1-5H3,(H,22,26). The van der Waals surface area contributed by atoms with Gasteiger partial charge in [-0.2, -0.15) is 5.10 Å². The van der Waals surface area contributed by atoms with Crippen LogP contribution in [0.4, 0.5) is 5.82 Å². The summed E-state index contributed by atoms with van der Waals surface area (Å²) < 4.78 is 9.14. The molecule has 9 heteroatoms. The van der Waals surface area contributed by atoms with Crippen molar-refractivity contribution < 1.29 is 9.53 Å². The Morgan fingerprint density at radius 2 is 2.00 bits per heavy atom. The average Bonchev–Trinajstić information content (AvgIpc) is 3.22. The molecule has 0 bridgehead atoms. The Bertz CT molecular complexity index is 1310. The highest BCUT2D eigenvalue weighted by Gasteiger charge is 2.22. The summed E-state index contributed by atoms with van der Waals surface area (Å²) in [6.45, 7) is 6.13. The van der Waals surface area contributed by atoms with E-state index in [1.165, 1.54) is 21.9 Å². The van der Waals surface area contributed by atoms with Crippen LogP contribution in [0.5, 0.6) is 5.75 Å². The summed E-state index contributed by atoms with van der Waals surface area (Å²) in [4.78, 5) is 30.7. The molecule has 0 atom stereocenters. The number of anilines is 1. The summed E-state index contributed by atoms with van der Waals surface area (Å²) in [6, 6.07) is 7.22. The summed E-state index contributed by atoms with van der Waals surface area (Å²) in [7, 11) is 3.34. The van der Waals surface area contributed by atoms with Crippen molar-refractivity contribution in [1.29, 1.82) is 0 Å². The molecule has 150 valence electrons. The van der Waals surface area contributed by atoms with E-state index in [-0.39, 0.29) is 11.0 Å². The van der Waals surface area contributed by atoms with Crippen molar-refractivity contribution in [1.82, 2.24) is 19.2 Å². The summed E-state index contributed by atoms with van der Waals surface area (Å²) in [5, 5.41) is 7.22. The molecule has 0 spiro atoms. The molecule has 0 aliphatic carbocycles. The van der Waals surface area contributed by atoms with Gasteiger partial charge in [0.1, 0.15) is 17.1 Å². The fraction of sp³-hybridized carbons (Fsp3) is 0.300. The van der Waals surface area contributed by atoms with Crippen molar-refractivity contribution in [3.63, 3.8) is 0 Å². The molecule has 29 heavy (non-hydrogen) atoms. The molecule has 0 fully saturated rings. The van der Waals surface area contributed by atoms with E-state index in [2.05, 4.69) is 15.4 Å². The molecule has 3 aromatic heterocycles. The number of carbonyl (C=O) groups is 1. The van der Waals surface area contributed by atoms with Gasteiger partial charge in [-0.05, 0) is 18.2 Å². The van der Waals surface area contributed by atoms with Crippen LogP contribution in [0.3, 0.4) is 0 Å². The van der Waals surface area contributed by atoms with Crippen molar-refractivity contribution >= 4 is 38.2 Å². The molecular formula is C20H21N5O3S. The number of methoxy groups -OCH3 is 1. The minimum absolute atomic E-state index is 0.0310. The lowest BCUT2D eigenvalue weighted by molar-refractivity contribution is 0.102. The number of amides is 1.